The number of piperazine rings is 1. The van der Waals surface area contributed by atoms with E-state index in [1.54, 1.807) is 0 Å². The first-order valence-electron chi connectivity index (χ1n) is 10.9. The molecular weight excluding hydrogens is 464 g/mol. The SMILES string of the molecule is O=C(O)CN1CCN(C(=O)C(F)(F)CNC(=O)OCC2c3ccccc3-c3ccccc32)CC1=O. The fraction of sp³-hybridized carbons (Fsp3) is 0.333. The Hall–Kier alpha value is -4.02. The van der Waals surface area contributed by atoms with Crippen molar-refractivity contribution in [3.8, 4) is 11.1 Å². The van der Waals surface area contributed by atoms with Crippen LogP contribution >= 0.6 is 0 Å². The number of amides is 3. The van der Waals surface area contributed by atoms with Gasteiger partial charge in [0.2, 0.25) is 5.91 Å². The zero-order valence-corrected chi connectivity index (χ0v) is 18.6. The Labute approximate surface area is 199 Å². The monoisotopic (exact) mass is 487 g/mol. The summed E-state index contributed by atoms with van der Waals surface area (Å²) in [6.07, 6.45) is -1.10. The van der Waals surface area contributed by atoms with E-state index < -0.39 is 49.4 Å². The van der Waals surface area contributed by atoms with E-state index in [1.165, 1.54) is 0 Å². The van der Waals surface area contributed by atoms with Gasteiger partial charge in [-0.15, -0.1) is 0 Å². The molecule has 0 spiro atoms. The number of carboxylic acid groups (broad SMARTS) is 1. The predicted octanol–water partition coefficient (Wildman–Crippen LogP) is 1.92. The molecule has 2 N–H and O–H groups in total. The highest BCUT2D eigenvalue weighted by molar-refractivity contribution is 5.91. The van der Waals surface area contributed by atoms with Crippen molar-refractivity contribution < 1.29 is 37.8 Å². The van der Waals surface area contributed by atoms with Gasteiger partial charge in [0.15, 0.2) is 0 Å². The molecule has 0 unspecified atom stereocenters. The Morgan fingerprint density at radius 2 is 1.63 bits per heavy atom. The number of benzene rings is 2. The number of fused-ring (bicyclic) bond motifs is 3. The van der Waals surface area contributed by atoms with Crippen molar-refractivity contribution in [3.63, 3.8) is 0 Å². The van der Waals surface area contributed by atoms with Gasteiger partial charge in [-0.3, -0.25) is 14.4 Å². The van der Waals surface area contributed by atoms with Crippen molar-refractivity contribution in [2.75, 3.05) is 39.3 Å². The lowest BCUT2D eigenvalue weighted by Crippen LogP contribution is -2.58. The van der Waals surface area contributed by atoms with Crippen LogP contribution in [0.4, 0.5) is 13.6 Å². The molecule has 0 saturated carbocycles. The van der Waals surface area contributed by atoms with Gasteiger partial charge in [0, 0.05) is 19.0 Å². The molecule has 4 rings (SSSR count). The number of nitrogens with zero attached hydrogens (tertiary/aromatic N) is 2. The molecule has 11 heteroatoms. The lowest BCUT2D eigenvalue weighted by molar-refractivity contribution is -0.163. The molecule has 2 aromatic carbocycles. The molecule has 0 radical (unpaired) electrons. The molecule has 2 aliphatic rings. The predicted molar refractivity (Wildman–Crippen MR) is 119 cm³/mol. The fourth-order valence-electron chi connectivity index (χ4n) is 4.35. The maximum Gasteiger partial charge on any atom is 0.407 e. The van der Waals surface area contributed by atoms with E-state index >= 15 is 0 Å². The van der Waals surface area contributed by atoms with E-state index in [2.05, 4.69) is 0 Å². The molecule has 0 bridgehead atoms. The second kappa shape index (κ2) is 9.69. The largest absolute Gasteiger partial charge is 0.480 e. The number of aliphatic carboxylic acids is 1. The molecule has 1 heterocycles. The first-order chi connectivity index (χ1) is 16.7. The van der Waals surface area contributed by atoms with Gasteiger partial charge in [-0.1, -0.05) is 48.5 Å². The minimum Gasteiger partial charge on any atom is -0.480 e. The molecular formula is C24H23F2N3O6. The number of nitrogens with one attached hydrogen (secondary N) is 1. The summed E-state index contributed by atoms with van der Waals surface area (Å²) >= 11 is 0. The standard InChI is InChI=1S/C24H23F2N3O6/c25-24(26,22(33)29-10-9-28(12-21(31)32)20(30)11-29)14-27-23(34)35-13-19-17-7-3-1-5-15(17)16-6-2-4-8-18(16)19/h1-8,19H,9-14H2,(H,27,34)(H,31,32). The summed E-state index contributed by atoms with van der Waals surface area (Å²) in [6, 6.07) is 15.3. The van der Waals surface area contributed by atoms with Gasteiger partial charge < -0.3 is 25.0 Å². The van der Waals surface area contributed by atoms with Crippen molar-refractivity contribution in [1.82, 2.24) is 15.1 Å². The Bertz CT molecular complexity index is 1130. The third kappa shape index (κ3) is 5.08. The number of alkyl halides is 2. The van der Waals surface area contributed by atoms with Crippen LogP contribution in [0, 0.1) is 0 Å². The Morgan fingerprint density at radius 3 is 2.20 bits per heavy atom. The van der Waals surface area contributed by atoms with Gasteiger partial charge in [-0.05, 0) is 22.3 Å². The third-order valence-electron chi connectivity index (χ3n) is 6.04. The van der Waals surface area contributed by atoms with Crippen LogP contribution in [0.1, 0.15) is 17.0 Å². The number of alkyl carbamates (subject to hydrolysis) is 1. The van der Waals surface area contributed by atoms with Gasteiger partial charge in [-0.2, -0.15) is 8.78 Å². The minimum atomic E-state index is -3.97. The molecule has 1 aliphatic carbocycles. The van der Waals surface area contributed by atoms with Gasteiger partial charge in [0.25, 0.3) is 5.91 Å². The van der Waals surface area contributed by atoms with Crippen LogP contribution in [0.3, 0.4) is 0 Å². The van der Waals surface area contributed by atoms with E-state index in [-0.39, 0.29) is 25.6 Å². The van der Waals surface area contributed by atoms with E-state index in [1.807, 2.05) is 53.8 Å². The third-order valence-corrected chi connectivity index (χ3v) is 6.04. The topological polar surface area (TPSA) is 116 Å². The number of halogens is 2. The summed E-state index contributed by atoms with van der Waals surface area (Å²) < 4.78 is 34.1. The van der Waals surface area contributed by atoms with Crippen molar-refractivity contribution in [2.45, 2.75) is 11.8 Å². The van der Waals surface area contributed by atoms with Crippen molar-refractivity contribution in [3.05, 3.63) is 59.7 Å². The first kappa shape index (κ1) is 24.1. The molecule has 1 aliphatic heterocycles. The van der Waals surface area contributed by atoms with Crippen LogP contribution in [0.2, 0.25) is 0 Å². The number of rotatable bonds is 7. The number of carbonyl (C=O) groups is 4. The smallest absolute Gasteiger partial charge is 0.407 e. The second-order valence-corrected chi connectivity index (χ2v) is 8.32. The van der Waals surface area contributed by atoms with Gasteiger partial charge in [-0.25, -0.2) is 4.79 Å². The maximum atomic E-state index is 14.5. The van der Waals surface area contributed by atoms with Crippen LogP contribution in [-0.4, -0.2) is 84.0 Å². The summed E-state index contributed by atoms with van der Waals surface area (Å²) in [5.41, 5.74) is 3.97. The first-order valence-corrected chi connectivity index (χ1v) is 10.9. The summed E-state index contributed by atoms with van der Waals surface area (Å²) in [5.74, 6) is -7.83. The van der Waals surface area contributed by atoms with E-state index in [9.17, 15) is 28.0 Å². The van der Waals surface area contributed by atoms with Crippen LogP contribution in [0.5, 0.6) is 0 Å². The highest BCUT2D eigenvalue weighted by Gasteiger charge is 2.44. The van der Waals surface area contributed by atoms with Crippen LogP contribution < -0.4 is 5.32 Å². The van der Waals surface area contributed by atoms with E-state index in [0.717, 1.165) is 27.2 Å². The molecule has 2 aromatic rings. The van der Waals surface area contributed by atoms with Crippen LogP contribution in [-0.2, 0) is 19.1 Å². The van der Waals surface area contributed by atoms with Gasteiger partial charge in [0.05, 0.1) is 6.54 Å². The van der Waals surface area contributed by atoms with Crippen molar-refractivity contribution in [2.24, 2.45) is 0 Å². The van der Waals surface area contributed by atoms with Crippen molar-refractivity contribution in [1.29, 1.82) is 0 Å². The highest BCUT2D eigenvalue weighted by Crippen LogP contribution is 2.44. The van der Waals surface area contributed by atoms with Crippen molar-refractivity contribution >= 4 is 23.9 Å². The minimum absolute atomic E-state index is 0.0700. The quantitative estimate of drug-likeness (QED) is 0.617. The molecule has 1 fully saturated rings. The lowest BCUT2D eigenvalue weighted by atomic mass is 9.98. The molecule has 0 aromatic heterocycles. The average molecular weight is 487 g/mol. The van der Waals surface area contributed by atoms with Gasteiger partial charge in [0.1, 0.15) is 19.7 Å². The molecule has 9 nitrogen and oxygen atoms in total. The van der Waals surface area contributed by atoms with Crippen LogP contribution in [0.25, 0.3) is 11.1 Å². The van der Waals surface area contributed by atoms with Gasteiger partial charge >= 0.3 is 18.0 Å². The summed E-state index contributed by atoms with van der Waals surface area (Å²) in [5, 5.41) is 10.7. The number of hydrogen-bond donors (Lipinski definition) is 2. The maximum absolute atomic E-state index is 14.5. The number of ether oxygens (including phenoxy) is 1. The zero-order valence-electron chi connectivity index (χ0n) is 18.6. The summed E-state index contributed by atoms with van der Waals surface area (Å²) in [6.45, 7) is -3.01. The number of carboxylic acids is 1. The summed E-state index contributed by atoms with van der Waals surface area (Å²) in [4.78, 5) is 48.7. The van der Waals surface area contributed by atoms with E-state index in [4.69, 9.17) is 9.84 Å². The summed E-state index contributed by atoms with van der Waals surface area (Å²) in [7, 11) is 0. The van der Waals surface area contributed by atoms with E-state index in [0.29, 0.717) is 4.90 Å². The molecule has 1 saturated heterocycles. The molecule has 184 valence electrons. The average Bonchev–Trinajstić information content (AvgIpc) is 3.16. The van der Waals surface area contributed by atoms with Crippen LogP contribution in [0.15, 0.2) is 48.5 Å². The zero-order chi connectivity index (χ0) is 25.2. The fourth-order valence-corrected chi connectivity index (χ4v) is 4.35. The Kier molecular flexibility index (Phi) is 6.68. The molecule has 0 atom stereocenters. The lowest BCUT2D eigenvalue weighted by Gasteiger charge is -2.35. The molecule has 35 heavy (non-hydrogen) atoms. The Morgan fingerprint density at radius 1 is 1.03 bits per heavy atom. The molecule has 3 amide bonds. The number of hydrogen-bond acceptors (Lipinski definition) is 5. The number of carbonyl (C=O) groups excluding carboxylic acids is 3. The second-order valence-electron chi connectivity index (χ2n) is 8.32. The normalized spacial score (nSPS) is 15.4. The Balaban J connectivity index is 1.30. The highest BCUT2D eigenvalue weighted by atomic mass is 19.3.